The molecule has 152 valence electrons. The highest BCUT2D eigenvalue weighted by Crippen LogP contribution is 2.37. The monoisotopic (exact) mass is 386 g/mol. The molecule has 3 heterocycles. The first-order valence-electron chi connectivity index (χ1n) is 10.1. The lowest BCUT2D eigenvalue weighted by Crippen LogP contribution is -2.51. The van der Waals surface area contributed by atoms with Gasteiger partial charge in [-0.05, 0) is 31.9 Å². The molecular formula is C21H30N4O3. The van der Waals surface area contributed by atoms with Crippen LogP contribution >= 0.6 is 0 Å². The second-order valence-corrected chi connectivity index (χ2v) is 8.28. The summed E-state index contributed by atoms with van der Waals surface area (Å²) in [6.07, 6.45) is 3.91. The maximum absolute atomic E-state index is 11.8. The molecule has 0 saturated carbocycles. The van der Waals surface area contributed by atoms with Crippen LogP contribution in [0, 0.1) is 5.41 Å². The minimum Gasteiger partial charge on any atom is -0.496 e. The highest BCUT2D eigenvalue weighted by Gasteiger charge is 2.42. The number of guanidine groups is 1. The maximum atomic E-state index is 11.8. The second-order valence-electron chi connectivity index (χ2n) is 8.28. The van der Waals surface area contributed by atoms with Crippen LogP contribution in [0.5, 0.6) is 11.5 Å². The van der Waals surface area contributed by atoms with Crippen LogP contribution in [-0.2, 0) is 17.8 Å². The fraction of sp³-hybridized carbons (Fsp3) is 0.619. The van der Waals surface area contributed by atoms with Crippen molar-refractivity contribution in [3.63, 3.8) is 0 Å². The quantitative estimate of drug-likeness (QED) is 0.611. The minimum absolute atomic E-state index is 0.0438. The Morgan fingerprint density at radius 3 is 3.07 bits per heavy atom. The number of hydrogen-bond donors (Lipinski definition) is 2. The van der Waals surface area contributed by atoms with Crippen molar-refractivity contribution in [2.45, 2.75) is 45.3 Å². The van der Waals surface area contributed by atoms with E-state index in [0.29, 0.717) is 13.0 Å². The number of piperidine rings is 1. The average Bonchev–Trinajstić information content (AvgIpc) is 3.22. The predicted molar refractivity (Wildman–Crippen MR) is 108 cm³/mol. The molecule has 7 heteroatoms. The molecule has 1 amide bonds. The number of fused-ring (bicyclic) bond motifs is 1. The lowest BCUT2D eigenvalue weighted by Gasteiger charge is -2.40. The molecule has 1 aromatic carbocycles. The summed E-state index contributed by atoms with van der Waals surface area (Å²) >= 11 is 0. The van der Waals surface area contributed by atoms with Gasteiger partial charge in [-0.3, -0.25) is 9.79 Å². The van der Waals surface area contributed by atoms with Gasteiger partial charge >= 0.3 is 0 Å². The largest absolute Gasteiger partial charge is 0.496 e. The molecule has 2 fully saturated rings. The molecule has 0 aliphatic carbocycles. The third-order valence-corrected chi connectivity index (χ3v) is 6.10. The molecule has 2 unspecified atom stereocenters. The number of amides is 1. The fourth-order valence-electron chi connectivity index (χ4n) is 4.75. The molecule has 0 bridgehead atoms. The topological polar surface area (TPSA) is 75.2 Å². The Hall–Kier alpha value is -2.44. The molecule has 3 aliphatic heterocycles. The standard InChI is InChI=1S/C21H30N4O3/c1-14-7-15-8-17(27-3)16(9-18(15)28-14)11-23-20(22-2)25-6-4-5-21(13-25)10-19(26)24-12-21/h8-9,14H,4-7,10-13H2,1-3H3,(H,22,23)(H,24,26). The molecule has 3 aliphatic rings. The van der Waals surface area contributed by atoms with Crippen LogP contribution in [-0.4, -0.2) is 56.7 Å². The van der Waals surface area contributed by atoms with E-state index < -0.39 is 0 Å². The third-order valence-electron chi connectivity index (χ3n) is 6.10. The van der Waals surface area contributed by atoms with Gasteiger partial charge in [-0.2, -0.15) is 0 Å². The van der Waals surface area contributed by atoms with Crippen molar-refractivity contribution in [1.29, 1.82) is 0 Å². The van der Waals surface area contributed by atoms with E-state index in [1.165, 1.54) is 5.56 Å². The van der Waals surface area contributed by atoms with Gasteiger partial charge in [0, 0.05) is 62.6 Å². The van der Waals surface area contributed by atoms with E-state index in [0.717, 1.165) is 61.9 Å². The van der Waals surface area contributed by atoms with Crippen molar-refractivity contribution in [2.24, 2.45) is 10.4 Å². The zero-order valence-corrected chi connectivity index (χ0v) is 17.0. The molecule has 0 radical (unpaired) electrons. The molecule has 2 atom stereocenters. The number of methoxy groups -OCH3 is 1. The molecular weight excluding hydrogens is 356 g/mol. The first-order chi connectivity index (χ1) is 13.5. The van der Waals surface area contributed by atoms with E-state index in [1.54, 1.807) is 7.11 Å². The van der Waals surface area contributed by atoms with E-state index in [9.17, 15) is 4.79 Å². The maximum Gasteiger partial charge on any atom is 0.220 e. The molecule has 1 spiro atoms. The molecule has 2 saturated heterocycles. The van der Waals surface area contributed by atoms with Gasteiger partial charge in [0.05, 0.1) is 7.11 Å². The number of ether oxygens (including phenoxy) is 2. The molecule has 4 rings (SSSR count). The first kappa shape index (κ1) is 18.9. The van der Waals surface area contributed by atoms with Crippen LogP contribution in [0.15, 0.2) is 17.1 Å². The van der Waals surface area contributed by atoms with Crippen LogP contribution < -0.4 is 20.1 Å². The van der Waals surface area contributed by atoms with Crippen molar-refractivity contribution in [3.05, 3.63) is 23.3 Å². The number of likely N-dealkylation sites (tertiary alicyclic amines) is 1. The molecule has 28 heavy (non-hydrogen) atoms. The number of benzene rings is 1. The van der Waals surface area contributed by atoms with Gasteiger partial charge in [-0.1, -0.05) is 0 Å². The smallest absolute Gasteiger partial charge is 0.220 e. The van der Waals surface area contributed by atoms with Crippen LogP contribution in [0.1, 0.15) is 37.3 Å². The normalized spacial score (nSPS) is 26.8. The highest BCUT2D eigenvalue weighted by atomic mass is 16.5. The fourth-order valence-corrected chi connectivity index (χ4v) is 4.75. The number of carbonyl (C=O) groups is 1. The van der Waals surface area contributed by atoms with E-state index in [4.69, 9.17) is 9.47 Å². The molecule has 0 aromatic heterocycles. The lowest BCUT2D eigenvalue weighted by atomic mass is 9.79. The Labute approximate surface area is 166 Å². The zero-order chi connectivity index (χ0) is 19.7. The Balaban J connectivity index is 1.45. The van der Waals surface area contributed by atoms with Crippen molar-refractivity contribution in [2.75, 3.05) is 33.8 Å². The van der Waals surface area contributed by atoms with E-state index in [1.807, 2.05) is 7.05 Å². The molecule has 1 aromatic rings. The predicted octanol–water partition coefficient (Wildman–Crippen LogP) is 1.70. The first-order valence-corrected chi connectivity index (χ1v) is 10.1. The number of aliphatic imine (C=N–C) groups is 1. The molecule has 2 N–H and O–H groups in total. The zero-order valence-electron chi connectivity index (χ0n) is 17.0. The van der Waals surface area contributed by atoms with E-state index in [2.05, 4.69) is 39.6 Å². The van der Waals surface area contributed by atoms with Crippen LogP contribution in [0.2, 0.25) is 0 Å². The SMILES string of the molecule is CN=C(NCc1cc2c(cc1OC)CC(C)O2)N1CCCC2(CNC(=O)C2)C1. The number of rotatable bonds is 3. The minimum atomic E-state index is 0.0438. The van der Waals surface area contributed by atoms with Crippen LogP contribution in [0.4, 0.5) is 0 Å². The van der Waals surface area contributed by atoms with E-state index >= 15 is 0 Å². The van der Waals surface area contributed by atoms with Crippen molar-refractivity contribution < 1.29 is 14.3 Å². The summed E-state index contributed by atoms with van der Waals surface area (Å²) in [6.45, 7) is 5.28. The van der Waals surface area contributed by atoms with Gasteiger partial charge in [-0.25, -0.2) is 0 Å². The van der Waals surface area contributed by atoms with Gasteiger partial charge in [-0.15, -0.1) is 0 Å². The Bertz CT molecular complexity index is 794. The van der Waals surface area contributed by atoms with Gasteiger partial charge in [0.15, 0.2) is 5.96 Å². The number of hydrogen-bond acceptors (Lipinski definition) is 4. The summed E-state index contributed by atoms with van der Waals surface area (Å²) < 4.78 is 11.5. The Morgan fingerprint density at radius 2 is 2.36 bits per heavy atom. The summed E-state index contributed by atoms with van der Waals surface area (Å²) in [5.74, 6) is 2.87. The van der Waals surface area contributed by atoms with Gasteiger partial charge in [0.2, 0.25) is 5.91 Å². The van der Waals surface area contributed by atoms with Crippen LogP contribution in [0.25, 0.3) is 0 Å². The number of nitrogens with zero attached hydrogens (tertiary/aromatic N) is 2. The lowest BCUT2D eigenvalue weighted by molar-refractivity contribution is -0.119. The summed E-state index contributed by atoms with van der Waals surface area (Å²) in [5.41, 5.74) is 2.30. The Morgan fingerprint density at radius 1 is 1.50 bits per heavy atom. The third kappa shape index (κ3) is 3.62. The summed E-state index contributed by atoms with van der Waals surface area (Å²) in [7, 11) is 3.52. The van der Waals surface area contributed by atoms with Crippen molar-refractivity contribution in [1.82, 2.24) is 15.5 Å². The number of nitrogens with one attached hydrogen (secondary N) is 2. The van der Waals surface area contributed by atoms with Gasteiger partial charge < -0.3 is 25.0 Å². The summed E-state index contributed by atoms with van der Waals surface area (Å²) in [6, 6.07) is 4.17. The number of carbonyl (C=O) groups excluding carboxylic acids is 1. The summed E-state index contributed by atoms with van der Waals surface area (Å²) in [5, 5.41) is 6.49. The van der Waals surface area contributed by atoms with Gasteiger partial charge in [0.25, 0.3) is 0 Å². The van der Waals surface area contributed by atoms with Crippen LogP contribution in [0.3, 0.4) is 0 Å². The van der Waals surface area contributed by atoms with Crippen molar-refractivity contribution in [3.8, 4) is 11.5 Å². The highest BCUT2D eigenvalue weighted by molar-refractivity contribution is 5.81. The summed E-state index contributed by atoms with van der Waals surface area (Å²) in [4.78, 5) is 18.5. The second kappa shape index (κ2) is 7.53. The van der Waals surface area contributed by atoms with E-state index in [-0.39, 0.29) is 17.4 Å². The average molecular weight is 386 g/mol. The molecule has 7 nitrogen and oxygen atoms in total. The van der Waals surface area contributed by atoms with Crippen molar-refractivity contribution >= 4 is 11.9 Å². The van der Waals surface area contributed by atoms with Gasteiger partial charge in [0.1, 0.15) is 17.6 Å². The Kier molecular flexibility index (Phi) is 5.08.